The maximum absolute atomic E-state index is 11.9. The summed E-state index contributed by atoms with van der Waals surface area (Å²) in [5, 5.41) is 5.45. The van der Waals surface area contributed by atoms with Crippen LogP contribution in [0.2, 0.25) is 0 Å². The van der Waals surface area contributed by atoms with Crippen molar-refractivity contribution in [1.82, 2.24) is 4.90 Å². The summed E-state index contributed by atoms with van der Waals surface area (Å²) >= 11 is 0. The lowest BCUT2D eigenvalue weighted by atomic mass is 10.2. The molecule has 0 aromatic heterocycles. The maximum Gasteiger partial charge on any atom is 0.412 e. The molecule has 3 amide bonds. The first-order valence-corrected chi connectivity index (χ1v) is 7.41. The summed E-state index contributed by atoms with van der Waals surface area (Å²) in [4.78, 5) is 25.3. The minimum Gasteiger partial charge on any atom is -0.444 e. The van der Waals surface area contributed by atoms with E-state index in [2.05, 4.69) is 10.6 Å². The van der Waals surface area contributed by atoms with Gasteiger partial charge in [-0.3, -0.25) is 5.32 Å². The molecular formula is C16H25N3O3. The molecule has 0 radical (unpaired) electrons. The number of ether oxygens (including phenoxy) is 1. The monoisotopic (exact) mass is 307 g/mol. The zero-order valence-corrected chi connectivity index (χ0v) is 13.9. The van der Waals surface area contributed by atoms with Crippen molar-refractivity contribution in [3.8, 4) is 0 Å². The van der Waals surface area contributed by atoms with Gasteiger partial charge in [-0.2, -0.15) is 0 Å². The lowest BCUT2D eigenvalue weighted by Crippen LogP contribution is -2.34. The second-order valence-electron chi connectivity index (χ2n) is 5.81. The number of urea groups is 1. The van der Waals surface area contributed by atoms with Gasteiger partial charge in [0.2, 0.25) is 0 Å². The highest BCUT2D eigenvalue weighted by Crippen LogP contribution is 2.15. The van der Waals surface area contributed by atoms with Crippen molar-refractivity contribution in [2.45, 2.75) is 40.2 Å². The van der Waals surface area contributed by atoms with Crippen molar-refractivity contribution in [3.05, 3.63) is 24.3 Å². The summed E-state index contributed by atoms with van der Waals surface area (Å²) in [6.07, 6.45) is -0.507. The molecular weight excluding hydrogens is 282 g/mol. The van der Waals surface area contributed by atoms with Crippen LogP contribution in [0.15, 0.2) is 24.3 Å². The zero-order chi connectivity index (χ0) is 16.8. The van der Waals surface area contributed by atoms with E-state index < -0.39 is 11.7 Å². The van der Waals surface area contributed by atoms with Gasteiger partial charge in [-0.25, -0.2) is 9.59 Å². The first kappa shape index (κ1) is 17.8. The molecule has 1 aromatic carbocycles. The fourth-order valence-corrected chi connectivity index (χ4v) is 1.77. The van der Waals surface area contributed by atoms with E-state index in [1.807, 2.05) is 13.8 Å². The van der Waals surface area contributed by atoms with Gasteiger partial charge in [0.05, 0.1) is 0 Å². The number of benzene rings is 1. The van der Waals surface area contributed by atoms with Gasteiger partial charge in [-0.15, -0.1) is 0 Å². The third kappa shape index (κ3) is 6.03. The summed E-state index contributed by atoms with van der Waals surface area (Å²) in [5.41, 5.74) is 0.739. The number of anilines is 2. The molecule has 2 N–H and O–H groups in total. The van der Waals surface area contributed by atoms with Crippen LogP contribution in [0.1, 0.15) is 34.6 Å². The molecule has 122 valence electrons. The van der Waals surface area contributed by atoms with Gasteiger partial charge in [0.1, 0.15) is 5.60 Å². The SMILES string of the molecule is CCN(CC)C(=O)Nc1ccc(NC(=O)OC(C)(C)C)cc1. The van der Waals surface area contributed by atoms with Crippen molar-refractivity contribution >= 4 is 23.5 Å². The standard InChI is InChI=1S/C16H25N3O3/c1-6-19(7-2)14(20)17-12-8-10-13(11-9-12)18-15(21)22-16(3,4)5/h8-11H,6-7H2,1-5H3,(H,17,20)(H,18,21). The Morgan fingerprint density at radius 3 is 1.86 bits per heavy atom. The third-order valence-corrected chi connectivity index (χ3v) is 2.83. The molecule has 0 unspecified atom stereocenters. The minimum absolute atomic E-state index is 0.141. The largest absolute Gasteiger partial charge is 0.444 e. The fourth-order valence-electron chi connectivity index (χ4n) is 1.77. The van der Waals surface area contributed by atoms with E-state index in [9.17, 15) is 9.59 Å². The number of rotatable bonds is 4. The Bertz CT molecular complexity index is 502. The second kappa shape index (κ2) is 7.68. The van der Waals surface area contributed by atoms with Crippen molar-refractivity contribution < 1.29 is 14.3 Å². The number of carbonyl (C=O) groups is 2. The van der Waals surface area contributed by atoms with Gasteiger partial charge in [-0.1, -0.05) is 0 Å². The summed E-state index contributed by atoms with van der Waals surface area (Å²) in [6.45, 7) is 10.6. The number of amides is 3. The van der Waals surface area contributed by atoms with E-state index in [4.69, 9.17) is 4.74 Å². The topological polar surface area (TPSA) is 70.7 Å². The lowest BCUT2D eigenvalue weighted by molar-refractivity contribution is 0.0636. The molecule has 0 aliphatic rings. The molecule has 0 saturated heterocycles. The second-order valence-corrected chi connectivity index (χ2v) is 5.81. The minimum atomic E-state index is -0.540. The molecule has 0 atom stereocenters. The lowest BCUT2D eigenvalue weighted by Gasteiger charge is -2.20. The Labute approximate surface area is 131 Å². The molecule has 1 rings (SSSR count). The summed E-state index contributed by atoms with van der Waals surface area (Å²) in [5.74, 6) is 0. The Kier molecular flexibility index (Phi) is 6.22. The molecule has 0 aliphatic heterocycles. The number of carbonyl (C=O) groups excluding carboxylic acids is 2. The van der Waals surface area contributed by atoms with E-state index in [-0.39, 0.29) is 6.03 Å². The highest BCUT2D eigenvalue weighted by atomic mass is 16.6. The average Bonchev–Trinajstić information content (AvgIpc) is 2.40. The van der Waals surface area contributed by atoms with Crippen molar-refractivity contribution in [3.63, 3.8) is 0 Å². The molecule has 22 heavy (non-hydrogen) atoms. The van der Waals surface area contributed by atoms with Crippen molar-refractivity contribution in [2.75, 3.05) is 23.7 Å². The van der Waals surface area contributed by atoms with E-state index in [0.717, 1.165) is 0 Å². The van der Waals surface area contributed by atoms with E-state index in [1.165, 1.54) is 0 Å². The summed E-state index contributed by atoms with van der Waals surface area (Å²) in [6, 6.07) is 6.74. The first-order chi connectivity index (χ1) is 10.2. The van der Waals surface area contributed by atoms with Crippen LogP contribution in [0.25, 0.3) is 0 Å². The third-order valence-electron chi connectivity index (χ3n) is 2.83. The molecule has 0 saturated carbocycles. The van der Waals surface area contributed by atoms with E-state index in [0.29, 0.717) is 24.5 Å². The van der Waals surface area contributed by atoms with Crippen LogP contribution in [-0.4, -0.2) is 35.7 Å². The van der Waals surface area contributed by atoms with Crippen LogP contribution in [0.4, 0.5) is 21.0 Å². The van der Waals surface area contributed by atoms with Crippen LogP contribution in [-0.2, 0) is 4.74 Å². The number of hydrogen-bond acceptors (Lipinski definition) is 3. The smallest absolute Gasteiger partial charge is 0.412 e. The van der Waals surface area contributed by atoms with E-state index >= 15 is 0 Å². The molecule has 0 aliphatic carbocycles. The van der Waals surface area contributed by atoms with Gasteiger partial charge >= 0.3 is 12.1 Å². The highest BCUT2D eigenvalue weighted by Gasteiger charge is 2.16. The predicted molar refractivity (Wildman–Crippen MR) is 88.2 cm³/mol. The van der Waals surface area contributed by atoms with Gasteiger partial charge < -0.3 is 15.0 Å². The molecule has 0 spiro atoms. The Morgan fingerprint density at radius 1 is 1.00 bits per heavy atom. The Hall–Kier alpha value is -2.24. The first-order valence-electron chi connectivity index (χ1n) is 7.41. The molecule has 1 aromatic rings. The van der Waals surface area contributed by atoms with Gasteiger partial charge in [0.25, 0.3) is 0 Å². The average molecular weight is 307 g/mol. The normalized spacial score (nSPS) is 10.8. The van der Waals surface area contributed by atoms with Crippen molar-refractivity contribution in [1.29, 1.82) is 0 Å². The Balaban J connectivity index is 2.60. The number of hydrogen-bond donors (Lipinski definition) is 2. The van der Waals surface area contributed by atoms with Crippen LogP contribution in [0.5, 0.6) is 0 Å². The summed E-state index contributed by atoms with van der Waals surface area (Å²) < 4.78 is 5.17. The summed E-state index contributed by atoms with van der Waals surface area (Å²) in [7, 11) is 0. The molecule has 0 heterocycles. The fraction of sp³-hybridized carbons (Fsp3) is 0.500. The molecule has 0 fully saturated rings. The van der Waals surface area contributed by atoms with Crippen LogP contribution in [0.3, 0.4) is 0 Å². The molecule has 6 heteroatoms. The Morgan fingerprint density at radius 2 is 1.45 bits per heavy atom. The molecule has 6 nitrogen and oxygen atoms in total. The highest BCUT2D eigenvalue weighted by molar-refractivity contribution is 5.90. The van der Waals surface area contributed by atoms with Gasteiger partial charge in [0.15, 0.2) is 0 Å². The zero-order valence-electron chi connectivity index (χ0n) is 13.9. The van der Waals surface area contributed by atoms with Crippen LogP contribution in [0, 0.1) is 0 Å². The maximum atomic E-state index is 11.9. The molecule has 0 bridgehead atoms. The number of nitrogens with one attached hydrogen (secondary N) is 2. The quantitative estimate of drug-likeness (QED) is 0.886. The predicted octanol–water partition coefficient (Wildman–Crippen LogP) is 3.91. The van der Waals surface area contributed by atoms with Crippen LogP contribution >= 0.6 is 0 Å². The van der Waals surface area contributed by atoms with Crippen molar-refractivity contribution in [2.24, 2.45) is 0 Å². The van der Waals surface area contributed by atoms with Gasteiger partial charge in [0, 0.05) is 24.5 Å². The van der Waals surface area contributed by atoms with Crippen LogP contribution < -0.4 is 10.6 Å². The van der Waals surface area contributed by atoms with E-state index in [1.54, 1.807) is 49.9 Å². The van der Waals surface area contributed by atoms with Gasteiger partial charge in [-0.05, 0) is 58.9 Å². The number of nitrogens with zero attached hydrogens (tertiary/aromatic N) is 1.